The summed E-state index contributed by atoms with van der Waals surface area (Å²) < 4.78 is 14.9. The molecule has 1 amide bonds. The van der Waals surface area contributed by atoms with Crippen molar-refractivity contribution in [2.45, 2.75) is 45.3 Å². The Kier molecular flexibility index (Phi) is 6.51. The smallest absolute Gasteiger partial charge is 0.263 e. The third-order valence-electron chi connectivity index (χ3n) is 4.43. The predicted octanol–water partition coefficient (Wildman–Crippen LogP) is 4.74. The summed E-state index contributed by atoms with van der Waals surface area (Å²) in [5, 5.41) is 3.88. The summed E-state index contributed by atoms with van der Waals surface area (Å²) in [6.45, 7) is 6.56. The van der Waals surface area contributed by atoms with Crippen LogP contribution in [0.3, 0.4) is 0 Å². The van der Waals surface area contributed by atoms with Crippen molar-refractivity contribution >= 4 is 44.9 Å². The van der Waals surface area contributed by atoms with Crippen LogP contribution in [0.15, 0.2) is 34.2 Å². The molecule has 2 heterocycles. The van der Waals surface area contributed by atoms with Gasteiger partial charge in [0.25, 0.3) is 5.56 Å². The lowest BCUT2D eigenvalue weighted by Crippen LogP contribution is -2.24. The molecular weight excluding hydrogens is 397 g/mol. The highest BCUT2D eigenvalue weighted by molar-refractivity contribution is 7.99. The van der Waals surface area contributed by atoms with Crippen molar-refractivity contribution in [3.8, 4) is 0 Å². The van der Waals surface area contributed by atoms with E-state index in [1.54, 1.807) is 10.6 Å². The fraction of sp³-hybridized carbons (Fsp3) is 0.350. The normalized spacial score (nSPS) is 11.1. The molecule has 0 aliphatic heterocycles. The van der Waals surface area contributed by atoms with Crippen molar-refractivity contribution in [3.63, 3.8) is 0 Å². The van der Waals surface area contributed by atoms with Crippen molar-refractivity contribution in [1.82, 2.24) is 9.55 Å². The zero-order chi connectivity index (χ0) is 20.3. The van der Waals surface area contributed by atoms with Crippen molar-refractivity contribution in [2.24, 2.45) is 0 Å². The van der Waals surface area contributed by atoms with Gasteiger partial charge < -0.3 is 5.32 Å². The number of hydrogen-bond acceptors (Lipinski definition) is 5. The van der Waals surface area contributed by atoms with E-state index in [9.17, 15) is 14.0 Å². The molecule has 3 aromatic rings. The molecule has 0 radical (unpaired) electrons. The average molecular weight is 420 g/mol. The van der Waals surface area contributed by atoms with Gasteiger partial charge in [0.15, 0.2) is 5.16 Å². The van der Waals surface area contributed by atoms with Gasteiger partial charge in [-0.1, -0.05) is 31.2 Å². The van der Waals surface area contributed by atoms with Crippen molar-refractivity contribution in [3.05, 3.63) is 50.9 Å². The summed E-state index contributed by atoms with van der Waals surface area (Å²) in [6.07, 6.45) is 1.81. The van der Waals surface area contributed by atoms with Gasteiger partial charge in [-0.15, -0.1) is 11.3 Å². The minimum atomic E-state index is -0.408. The standard InChI is InChI=1S/C20H22FN3O2S2/c1-4-5-9-24-19(26)17-12(2)13(3)28-18(17)23-20(24)27-11-16(25)22-15-8-6-7-14(21)10-15/h6-8,10H,4-5,9,11H2,1-3H3,(H,22,25). The molecule has 148 valence electrons. The van der Waals surface area contributed by atoms with Crippen molar-refractivity contribution in [2.75, 3.05) is 11.1 Å². The Hall–Kier alpha value is -2.19. The Morgan fingerprint density at radius 2 is 2.14 bits per heavy atom. The molecule has 28 heavy (non-hydrogen) atoms. The van der Waals surface area contributed by atoms with Crippen LogP contribution in [0.1, 0.15) is 30.2 Å². The zero-order valence-electron chi connectivity index (χ0n) is 16.0. The third kappa shape index (κ3) is 4.44. The summed E-state index contributed by atoms with van der Waals surface area (Å²) in [6, 6.07) is 5.75. The van der Waals surface area contributed by atoms with Gasteiger partial charge in [0.2, 0.25) is 5.91 Å². The predicted molar refractivity (Wildman–Crippen MR) is 114 cm³/mol. The van der Waals surface area contributed by atoms with Crippen LogP contribution in [0.25, 0.3) is 10.2 Å². The van der Waals surface area contributed by atoms with Crippen molar-refractivity contribution in [1.29, 1.82) is 0 Å². The first-order chi connectivity index (χ1) is 13.4. The molecule has 0 fully saturated rings. The second kappa shape index (κ2) is 8.87. The minimum Gasteiger partial charge on any atom is -0.325 e. The number of aryl methyl sites for hydroxylation is 2. The summed E-state index contributed by atoms with van der Waals surface area (Å²) in [5.74, 6) is -0.593. The molecule has 0 saturated carbocycles. The molecular formula is C20H22FN3O2S2. The van der Waals surface area contributed by atoms with Gasteiger partial charge in [-0.2, -0.15) is 0 Å². The number of amides is 1. The fourth-order valence-corrected chi connectivity index (χ4v) is 4.72. The van der Waals surface area contributed by atoms with Crippen LogP contribution in [0.5, 0.6) is 0 Å². The Bertz CT molecular complexity index is 1080. The lowest BCUT2D eigenvalue weighted by molar-refractivity contribution is -0.113. The molecule has 0 unspecified atom stereocenters. The quantitative estimate of drug-likeness (QED) is 0.444. The highest BCUT2D eigenvalue weighted by Crippen LogP contribution is 2.28. The number of carbonyl (C=O) groups is 1. The van der Waals surface area contributed by atoms with Crippen LogP contribution in [-0.2, 0) is 11.3 Å². The number of anilines is 1. The van der Waals surface area contributed by atoms with E-state index in [4.69, 9.17) is 0 Å². The second-order valence-electron chi connectivity index (χ2n) is 6.52. The van der Waals surface area contributed by atoms with E-state index >= 15 is 0 Å². The van der Waals surface area contributed by atoms with Crippen LogP contribution in [-0.4, -0.2) is 21.2 Å². The van der Waals surface area contributed by atoms with Gasteiger partial charge in [0, 0.05) is 17.1 Å². The molecule has 1 aromatic carbocycles. The lowest BCUT2D eigenvalue weighted by atomic mass is 10.2. The summed E-state index contributed by atoms with van der Waals surface area (Å²) in [4.78, 5) is 31.8. The number of nitrogens with one attached hydrogen (secondary N) is 1. The van der Waals surface area contributed by atoms with Gasteiger partial charge in [0.1, 0.15) is 10.6 Å². The van der Waals surface area contributed by atoms with E-state index in [0.29, 0.717) is 27.6 Å². The van der Waals surface area contributed by atoms with E-state index in [2.05, 4.69) is 17.2 Å². The van der Waals surface area contributed by atoms with E-state index in [-0.39, 0.29) is 17.2 Å². The second-order valence-corrected chi connectivity index (χ2v) is 8.66. The number of rotatable bonds is 7. The maximum absolute atomic E-state index is 13.3. The van der Waals surface area contributed by atoms with Crippen LogP contribution in [0.4, 0.5) is 10.1 Å². The molecule has 2 aromatic heterocycles. The van der Waals surface area contributed by atoms with E-state index < -0.39 is 5.82 Å². The molecule has 0 aliphatic carbocycles. The highest BCUT2D eigenvalue weighted by atomic mass is 32.2. The van der Waals surface area contributed by atoms with Crippen LogP contribution in [0.2, 0.25) is 0 Å². The number of thiophene rings is 1. The fourth-order valence-electron chi connectivity index (χ4n) is 2.83. The SMILES string of the molecule is CCCCn1c(SCC(=O)Nc2cccc(F)c2)nc2sc(C)c(C)c2c1=O. The maximum Gasteiger partial charge on any atom is 0.263 e. The Labute approximate surface area is 171 Å². The van der Waals surface area contributed by atoms with Gasteiger partial charge in [0.05, 0.1) is 11.1 Å². The van der Waals surface area contributed by atoms with Gasteiger partial charge in [-0.05, 0) is 44.0 Å². The average Bonchev–Trinajstić information content (AvgIpc) is 2.93. The number of fused-ring (bicyclic) bond motifs is 1. The van der Waals surface area contributed by atoms with E-state index in [0.717, 1.165) is 23.3 Å². The van der Waals surface area contributed by atoms with Crippen LogP contribution < -0.4 is 10.9 Å². The Morgan fingerprint density at radius 3 is 2.86 bits per heavy atom. The number of thioether (sulfide) groups is 1. The molecule has 3 rings (SSSR count). The van der Waals surface area contributed by atoms with E-state index in [1.807, 2.05) is 13.8 Å². The number of aromatic nitrogens is 2. The maximum atomic E-state index is 13.3. The molecule has 0 aliphatic rings. The number of carbonyl (C=O) groups excluding carboxylic acids is 1. The summed E-state index contributed by atoms with van der Waals surface area (Å²) in [5.41, 5.74) is 1.33. The number of nitrogens with zero attached hydrogens (tertiary/aromatic N) is 2. The number of unbranched alkanes of at least 4 members (excludes halogenated alkanes) is 1. The largest absolute Gasteiger partial charge is 0.325 e. The minimum absolute atomic E-state index is 0.0478. The number of hydrogen-bond donors (Lipinski definition) is 1. The summed E-state index contributed by atoms with van der Waals surface area (Å²) >= 11 is 2.72. The van der Waals surface area contributed by atoms with Crippen LogP contribution >= 0.6 is 23.1 Å². The first kappa shape index (κ1) is 20.5. The molecule has 5 nitrogen and oxygen atoms in total. The summed E-state index contributed by atoms with van der Waals surface area (Å²) in [7, 11) is 0. The number of halogens is 1. The monoisotopic (exact) mass is 419 g/mol. The molecule has 8 heteroatoms. The van der Waals surface area contributed by atoms with Crippen LogP contribution in [0, 0.1) is 19.7 Å². The first-order valence-corrected chi connectivity index (χ1v) is 10.9. The molecule has 0 saturated heterocycles. The highest BCUT2D eigenvalue weighted by Gasteiger charge is 2.17. The number of benzene rings is 1. The third-order valence-corrected chi connectivity index (χ3v) is 6.51. The Morgan fingerprint density at radius 1 is 1.36 bits per heavy atom. The Balaban J connectivity index is 1.84. The van der Waals surface area contributed by atoms with E-state index in [1.165, 1.54) is 41.3 Å². The van der Waals surface area contributed by atoms with Gasteiger partial charge in [-0.3, -0.25) is 14.2 Å². The topological polar surface area (TPSA) is 64.0 Å². The van der Waals surface area contributed by atoms with Crippen molar-refractivity contribution < 1.29 is 9.18 Å². The zero-order valence-corrected chi connectivity index (χ0v) is 17.7. The first-order valence-electron chi connectivity index (χ1n) is 9.09. The molecule has 1 N–H and O–H groups in total. The lowest BCUT2D eigenvalue weighted by Gasteiger charge is -2.12. The van der Waals surface area contributed by atoms with Gasteiger partial charge in [-0.25, -0.2) is 9.37 Å². The molecule has 0 spiro atoms. The molecule has 0 atom stereocenters. The molecule has 0 bridgehead atoms. The van der Waals surface area contributed by atoms with Gasteiger partial charge >= 0.3 is 0 Å².